The molecule has 0 spiro atoms. The molecule has 0 atom stereocenters. The molecular weight excluding hydrogens is 1670 g/mol. The average molecular weight is 1740 g/mol. The number of fused-ring (bicyclic) bond motifs is 22. The Morgan fingerprint density at radius 3 is 0.883 bits per heavy atom. The summed E-state index contributed by atoms with van der Waals surface area (Å²) in [6, 6.07) is 139. The van der Waals surface area contributed by atoms with Crippen molar-refractivity contribution in [2.24, 2.45) is 0 Å². The van der Waals surface area contributed by atoms with E-state index in [2.05, 4.69) is 455 Å². The van der Waals surface area contributed by atoms with Crippen LogP contribution in [0.5, 0.6) is 0 Å². The van der Waals surface area contributed by atoms with E-state index in [1.807, 2.05) is 45.3 Å². The Morgan fingerprint density at radius 2 is 0.475 bits per heavy atom. The number of rotatable bonds is 12. The Hall–Kier alpha value is -12.5. The molecule has 0 radical (unpaired) electrons. The van der Waals surface area contributed by atoms with Crippen molar-refractivity contribution in [1.29, 1.82) is 0 Å². The summed E-state index contributed by atoms with van der Waals surface area (Å²) < 4.78 is 12.4. The van der Waals surface area contributed by atoms with Gasteiger partial charge in [-0.2, -0.15) is 0 Å². The molecule has 0 fully saturated rings. The third kappa shape index (κ3) is 12.0. The van der Waals surface area contributed by atoms with Crippen molar-refractivity contribution in [3.8, 4) is 22.3 Å². The fraction of sp³-hybridized carbons (Fsp3) is 0.0545. The van der Waals surface area contributed by atoms with Gasteiger partial charge in [0.1, 0.15) is 0 Å². The van der Waals surface area contributed by atoms with Gasteiger partial charge in [-0.3, -0.25) is 0 Å². The van der Waals surface area contributed by atoms with Crippen molar-refractivity contribution < 1.29 is 0 Å². The minimum absolute atomic E-state index is 0.147. The molecular formula is C110H74Br2N4S4. The summed E-state index contributed by atoms with van der Waals surface area (Å²) in [5.41, 5.74) is 23.6. The van der Waals surface area contributed by atoms with E-state index in [0.29, 0.717) is 0 Å². The molecule has 24 rings (SSSR count). The lowest BCUT2D eigenvalue weighted by molar-refractivity contribution is 0.660. The van der Waals surface area contributed by atoms with E-state index in [9.17, 15) is 0 Å². The fourth-order valence-electron chi connectivity index (χ4n) is 19.3. The zero-order valence-corrected chi connectivity index (χ0v) is 72.4. The molecule has 0 saturated heterocycles. The van der Waals surface area contributed by atoms with Gasteiger partial charge >= 0.3 is 0 Å². The zero-order valence-electron chi connectivity index (χ0n) is 66.0. The normalized spacial score (nSPS) is 13.1. The molecule has 0 aliphatic heterocycles. The third-order valence-electron chi connectivity index (χ3n) is 24.9. The van der Waals surface area contributed by atoms with Crippen molar-refractivity contribution in [3.05, 3.63) is 407 Å². The van der Waals surface area contributed by atoms with E-state index < -0.39 is 0 Å². The molecule has 0 unspecified atom stereocenters. The summed E-state index contributed by atoms with van der Waals surface area (Å²) in [6.07, 6.45) is 0. The fourth-order valence-corrected chi connectivity index (χ4v) is 24.6. The smallest absolute Gasteiger partial charge is 0.0493 e. The molecule has 120 heavy (non-hydrogen) atoms. The minimum Gasteiger partial charge on any atom is -0.310 e. The number of hydrogen-bond donors (Lipinski definition) is 0. The Morgan fingerprint density at radius 1 is 0.192 bits per heavy atom. The first kappa shape index (κ1) is 72.7. The Kier molecular flexibility index (Phi) is 17.4. The molecule has 10 heteroatoms. The van der Waals surface area contributed by atoms with Gasteiger partial charge in [0.05, 0.1) is 0 Å². The minimum atomic E-state index is -0.147. The van der Waals surface area contributed by atoms with E-state index in [0.717, 1.165) is 77.2 Å². The first-order chi connectivity index (χ1) is 58.8. The van der Waals surface area contributed by atoms with E-state index >= 15 is 0 Å². The van der Waals surface area contributed by atoms with Crippen molar-refractivity contribution >= 4 is 248 Å². The highest BCUT2D eigenvalue weighted by molar-refractivity contribution is 9.10. The van der Waals surface area contributed by atoms with Crippen LogP contribution >= 0.6 is 77.2 Å². The third-order valence-corrected chi connectivity index (χ3v) is 30.4. The number of para-hydroxylation sites is 2. The maximum absolute atomic E-state index is 4.10. The van der Waals surface area contributed by atoms with Gasteiger partial charge in [-0.15, -0.1) is 45.3 Å². The van der Waals surface area contributed by atoms with Crippen LogP contribution in [-0.4, -0.2) is 0 Å². The molecule has 0 amide bonds. The maximum Gasteiger partial charge on any atom is 0.0493 e. The highest BCUT2D eigenvalue weighted by Crippen LogP contribution is 2.56. The van der Waals surface area contributed by atoms with Gasteiger partial charge in [-0.1, -0.05) is 254 Å². The van der Waals surface area contributed by atoms with Crippen LogP contribution in [-0.2, 0) is 10.8 Å². The largest absolute Gasteiger partial charge is 0.310 e. The zero-order chi connectivity index (χ0) is 80.2. The number of anilines is 12. The molecule has 2 aliphatic rings. The van der Waals surface area contributed by atoms with E-state index in [1.54, 1.807) is 0 Å². The van der Waals surface area contributed by atoms with Gasteiger partial charge in [0, 0.05) is 169 Å². The topological polar surface area (TPSA) is 13.0 Å². The van der Waals surface area contributed by atoms with Crippen molar-refractivity contribution in [3.63, 3.8) is 0 Å². The summed E-state index contributed by atoms with van der Waals surface area (Å²) in [7, 11) is 0. The molecule has 0 N–H and O–H groups in total. The van der Waals surface area contributed by atoms with Crippen molar-refractivity contribution in [2.45, 2.75) is 38.5 Å². The summed E-state index contributed by atoms with van der Waals surface area (Å²) >= 11 is 15.5. The van der Waals surface area contributed by atoms with Gasteiger partial charge in [0.2, 0.25) is 0 Å². The average Bonchev–Trinajstić information content (AvgIpc) is 1.60. The number of halogens is 2. The molecule has 0 saturated carbocycles. The van der Waals surface area contributed by atoms with Crippen LogP contribution in [0.1, 0.15) is 49.9 Å². The SMILES string of the molecule is Brc1cc(N(c2ccccc2)c2ccc3sc4ccc5ccccc5c4c3c2)cc(N(c2ccccc2)c2ccc3sc4ccc5ccccc5c4c3c2)c1.CC1(C)c2ccccc2-c2ccc(N(c3cc(Br)cc(N(c4ccc5c(c4)C(C)(C)c4ccccc4-5)c4ccc5sc6ccccc6c5c4)c3)c3ccc4sc5ccccc5c4c3)cc21. The predicted molar refractivity (Wildman–Crippen MR) is 529 cm³/mol. The highest BCUT2D eigenvalue weighted by Gasteiger charge is 2.38. The number of thiophene rings is 4. The summed E-state index contributed by atoms with van der Waals surface area (Å²) in [5, 5.41) is 15.4. The second-order valence-corrected chi connectivity index (χ2v) is 38.8. The van der Waals surface area contributed by atoms with Gasteiger partial charge < -0.3 is 19.6 Å². The molecule has 0 bridgehead atoms. The number of benzene rings is 18. The van der Waals surface area contributed by atoms with E-state index in [1.165, 1.54) is 147 Å². The molecule has 572 valence electrons. The summed E-state index contributed by atoms with van der Waals surface area (Å²) in [6.45, 7) is 9.48. The monoisotopic (exact) mass is 1740 g/mol. The summed E-state index contributed by atoms with van der Waals surface area (Å²) in [5.74, 6) is 0. The van der Waals surface area contributed by atoms with Gasteiger partial charge in [0.15, 0.2) is 0 Å². The molecule has 2 aliphatic carbocycles. The Labute approximate surface area is 728 Å². The predicted octanol–water partition coefficient (Wildman–Crippen LogP) is 35.2. The second-order valence-electron chi connectivity index (χ2n) is 32.6. The molecule has 22 aromatic rings. The molecule has 4 heterocycles. The lowest BCUT2D eigenvalue weighted by atomic mass is 9.82. The number of hydrogen-bond acceptors (Lipinski definition) is 8. The van der Waals surface area contributed by atoms with Crippen LogP contribution in [0.15, 0.2) is 385 Å². The van der Waals surface area contributed by atoms with E-state index in [-0.39, 0.29) is 10.8 Å². The molecule has 18 aromatic carbocycles. The van der Waals surface area contributed by atoms with E-state index in [4.69, 9.17) is 0 Å². The van der Waals surface area contributed by atoms with Crippen LogP contribution in [0.25, 0.3) is 124 Å². The highest BCUT2D eigenvalue weighted by atomic mass is 79.9. The number of nitrogens with zero attached hydrogens (tertiary/aromatic N) is 4. The van der Waals surface area contributed by atoms with Gasteiger partial charge in [0.25, 0.3) is 0 Å². The van der Waals surface area contributed by atoms with Crippen LogP contribution < -0.4 is 19.6 Å². The van der Waals surface area contributed by atoms with Crippen molar-refractivity contribution in [2.75, 3.05) is 19.6 Å². The van der Waals surface area contributed by atoms with Gasteiger partial charge in [-0.25, -0.2) is 0 Å². The Balaban J connectivity index is 0.000000142. The van der Waals surface area contributed by atoms with Crippen LogP contribution in [0.2, 0.25) is 0 Å². The lowest BCUT2D eigenvalue weighted by Gasteiger charge is -2.31. The maximum atomic E-state index is 4.10. The lowest BCUT2D eigenvalue weighted by Crippen LogP contribution is -2.17. The standard InChI is InChI=1S/C60H43BrN2S2.C50H31BrN2S2/c1-59(2)51-17-9-5-13-43(51)45-25-21-39(34-53(45)59)62(37-23-27-57-49(32-37)47-15-7-11-19-55(47)64-57)41-29-36(61)30-42(31-41)63(38-24-28-58-50(33-38)48-16-8-12-20-56(48)65-58)40-22-26-46-44-14-6-10-18-52(44)60(3,4)54(46)35-40;51-34-27-39(52(35-13-3-1-4-14-35)37-21-25-45-43(30-37)49-41-17-9-7-11-32(41)19-23-47(49)54-45)29-40(28-34)53(36-15-5-2-6-16-36)38-22-26-46-44(31-38)50-42-18-10-8-12-33(42)20-24-48(50)55-46/h5-35H,1-4H3;1-31H. The first-order valence-corrected chi connectivity index (χ1v) is 45.5. The first-order valence-electron chi connectivity index (χ1n) is 40.7. The quantitative estimate of drug-likeness (QED) is 0.121. The van der Waals surface area contributed by atoms with Crippen molar-refractivity contribution in [1.82, 2.24) is 0 Å². The van der Waals surface area contributed by atoms with Crippen LogP contribution in [0.3, 0.4) is 0 Å². The second kappa shape index (κ2) is 28.6. The molecule has 4 nitrogen and oxygen atoms in total. The Bertz CT molecular complexity index is 7490. The van der Waals surface area contributed by atoms with Crippen LogP contribution in [0, 0.1) is 0 Å². The molecule has 4 aromatic heterocycles. The van der Waals surface area contributed by atoms with Crippen LogP contribution in [0.4, 0.5) is 68.2 Å². The summed E-state index contributed by atoms with van der Waals surface area (Å²) in [4.78, 5) is 9.70. The van der Waals surface area contributed by atoms with Gasteiger partial charge in [-0.05, 0) is 248 Å².